The molecule has 0 aliphatic carbocycles. The van der Waals surface area contributed by atoms with Gasteiger partial charge in [0.05, 0.1) is 51.1 Å². The summed E-state index contributed by atoms with van der Waals surface area (Å²) in [5, 5.41) is 11.6. The summed E-state index contributed by atoms with van der Waals surface area (Å²) in [5.41, 5.74) is 7.58. The van der Waals surface area contributed by atoms with Gasteiger partial charge in [0.2, 0.25) is 5.91 Å². The third-order valence-corrected chi connectivity index (χ3v) is 11.1. The van der Waals surface area contributed by atoms with Gasteiger partial charge in [-0.3, -0.25) is 14.4 Å². The van der Waals surface area contributed by atoms with Crippen molar-refractivity contribution in [3.63, 3.8) is 0 Å². The van der Waals surface area contributed by atoms with Gasteiger partial charge in [-0.25, -0.2) is 8.42 Å². The van der Waals surface area contributed by atoms with Gasteiger partial charge >= 0.3 is 5.97 Å². The number of phenolic OH excluding ortho intramolecular Hbond substituents is 1. The van der Waals surface area contributed by atoms with Crippen LogP contribution >= 0.6 is 0 Å². The third-order valence-electron chi connectivity index (χ3n) is 10.0. The van der Waals surface area contributed by atoms with Crippen molar-refractivity contribution in [1.82, 2.24) is 4.90 Å². The Labute approximate surface area is 372 Å². The zero-order valence-corrected chi connectivity index (χ0v) is 37.2. The minimum absolute atomic E-state index is 0.0485. The fourth-order valence-corrected chi connectivity index (χ4v) is 7.64. The molecule has 0 radical (unpaired) electrons. The van der Waals surface area contributed by atoms with Crippen LogP contribution in [0.3, 0.4) is 0 Å². The molecule has 0 fully saturated rings. The van der Waals surface area contributed by atoms with Gasteiger partial charge in [-0.2, -0.15) is 0 Å². The molecule has 64 heavy (non-hydrogen) atoms. The number of nitrogens with zero attached hydrogens (tertiary/aromatic N) is 1. The Morgan fingerprint density at radius 3 is 2.02 bits per heavy atom. The van der Waals surface area contributed by atoms with E-state index in [0.29, 0.717) is 73.8 Å². The molecule has 1 heterocycles. The normalized spacial score (nSPS) is 13.1. The second-order valence-electron chi connectivity index (χ2n) is 16.0. The summed E-state index contributed by atoms with van der Waals surface area (Å²) < 4.78 is 64.5. The number of hydrogen-bond donors (Lipinski definition) is 2. The second kappa shape index (κ2) is 21.5. The van der Waals surface area contributed by atoms with Gasteiger partial charge in [0, 0.05) is 34.8 Å². The van der Waals surface area contributed by atoms with Crippen LogP contribution in [0, 0.1) is 0 Å². The van der Waals surface area contributed by atoms with Gasteiger partial charge in [0.25, 0.3) is 5.91 Å². The summed E-state index contributed by atoms with van der Waals surface area (Å²) in [6, 6.07) is 26.7. The fraction of sp³-hybridized carbons (Fsp3) is 0.354. The van der Waals surface area contributed by atoms with E-state index in [4.69, 9.17) is 38.9 Å². The van der Waals surface area contributed by atoms with E-state index < -0.39 is 33.4 Å². The number of primary amides is 1. The SMILES string of the molecule is CC(C)(C)OC(=O)CC[C@H](C(N)=O)N1Cc2c(OCCOCCOCCOCCOc3ccc(Oc4c(-c5ccc(S(C)(=O)=O)cc5)ccc5cc(O)ccc45)cc3)cccc2C1=O. The number of ether oxygens (including phenoxy) is 7. The monoisotopic (exact) mass is 898 g/mol. The first-order chi connectivity index (χ1) is 30.6. The predicted molar refractivity (Wildman–Crippen MR) is 238 cm³/mol. The van der Waals surface area contributed by atoms with Gasteiger partial charge in [-0.1, -0.05) is 24.3 Å². The lowest BCUT2D eigenvalue weighted by molar-refractivity contribution is -0.155. The quantitative estimate of drug-likeness (QED) is 0.0510. The number of aromatic hydroxyl groups is 1. The Bertz CT molecular complexity index is 2520. The highest BCUT2D eigenvalue weighted by Gasteiger charge is 2.37. The molecule has 0 spiro atoms. The summed E-state index contributed by atoms with van der Waals surface area (Å²) in [7, 11) is -3.35. The number of fused-ring (bicyclic) bond motifs is 2. The van der Waals surface area contributed by atoms with E-state index >= 15 is 0 Å². The molecule has 5 aromatic rings. The maximum Gasteiger partial charge on any atom is 0.306 e. The number of carbonyl (C=O) groups excluding carboxylic acids is 3. The zero-order chi connectivity index (χ0) is 45.9. The zero-order valence-electron chi connectivity index (χ0n) is 36.4. The van der Waals surface area contributed by atoms with Crippen LogP contribution in [-0.2, 0) is 44.9 Å². The number of phenols is 1. The third kappa shape index (κ3) is 12.9. The average molecular weight is 899 g/mol. The number of esters is 1. The molecule has 1 aliphatic heterocycles. The highest BCUT2D eigenvalue weighted by molar-refractivity contribution is 7.90. The van der Waals surface area contributed by atoms with Crippen molar-refractivity contribution in [2.45, 2.75) is 56.7 Å². The number of nitrogens with two attached hydrogens (primary N) is 1. The number of sulfone groups is 1. The van der Waals surface area contributed by atoms with Crippen LogP contribution in [-0.4, -0.2) is 107 Å². The Morgan fingerprint density at radius 1 is 0.766 bits per heavy atom. The van der Waals surface area contributed by atoms with Crippen molar-refractivity contribution in [2.24, 2.45) is 5.73 Å². The molecule has 6 rings (SSSR count). The molecule has 1 atom stereocenters. The number of hydrogen-bond acceptors (Lipinski definition) is 13. The Morgan fingerprint density at radius 2 is 1.39 bits per heavy atom. The van der Waals surface area contributed by atoms with Crippen molar-refractivity contribution in [3.8, 4) is 39.9 Å². The number of benzene rings is 5. The minimum Gasteiger partial charge on any atom is -0.508 e. The summed E-state index contributed by atoms with van der Waals surface area (Å²) in [6.45, 7) is 8.00. The van der Waals surface area contributed by atoms with Gasteiger partial charge in [-0.15, -0.1) is 0 Å². The molecule has 16 heteroatoms. The van der Waals surface area contributed by atoms with Crippen LogP contribution in [0.25, 0.3) is 21.9 Å². The first-order valence-corrected chi connectivity index (χ1v) is 22.7. The Kier molecular flexibility index (Phi) is 15.8. The molecule has 0 saturated heterocycles. The van der Waals surface area contributed by atoms with E-state index in [2.05, 4.69) is 0 Å². The van der Waals surface area contributed by atoms with Crippen LogP contribution in [0.1, 0.15) is 49.5 Å². The first kappa shape index (κ1) is 47.3. The van der Waals surface area contributed by atoms with Crippen molar-refractivity contribution in [1.29, 1.82) is 0 Å². The highest BCUT2D eigenvalue weighted by Crippen LogP contribution is 2.41. The van der Waals surface area contributed by atoms with E-state index in [1.54, 1.807) is 106 Å². The fourth-order valence-electron chi connectivity index (χ4n) is 7.01. The van der Waals surface area contributed by atoms with Crippen LogP contribution in [0.15, 0.2) is 102 Å². The molecule has 15 nitrogen and oxygen atoms in total. The summed E-state index contributed by atoms with van der Waals surface area (Å²) >= 11 is 0. The molecule has 5 aromatic carbocycles. The molecule has 0 saturated carbocycles. The summed E-state index contributed by atoms with van der Waals surface area (Å²) in [6.07, 6.45) is 1.16. The molecule has 0 unspecified atom stereocenters. The lowest BCUT2D eigenvalue weighted by atomic mass is 9.99. The molecular weight excluding hydrogens is 845 g/mol. The van der Waals surface area contributed by atoms with Crippen molar-refractivity contribution in [2.75, 3.05) is 59.1 Å². The summed E-state index contributed by atoms with van der Waals surface area (Å²) in [5.74, 6) is 0.851. The Balaban J connectivity index is 0.860. The topological polar surface area (TPSA) is 199 Å². The van der Waals surface area contributed by atoms with E-state index in [9.17, 15) is 27.9 Å². The lowest BCUT2D eigenvalue weighted by Crippen LogP contribution is -2.45. The van der Waals surface area contributed by atoms with Crippen LogP contribution in [0.4, 0.5) is 0 Å². The van der Waals surface area contributed by atoms with Gasteiger partial charge < -0.3 is 48.9 Å². The van der Waals surface area contributed by atoms with Crippen LogP contribution in [0.2, 0.25) is 0 Å². The Hall–Kier alpha value is -6.20. The maximum atomic E-state index is 13.2. The standard InChI is InChI=1S/C48H54N2O13S/c1-48(2,3)63-44(52)21-20-42(46(49)53)50-31-41-40(47(50)54)6-5-7-43(41)61-29-27-59-25-23-57-22-24-58-26-28-60-35-12-14-36(15-13-35)62-45-38(18-10-33-30-34(51)11-19-39(33)45)32-8-16-37(17-9-32)64(4,55)56/h5-19,30,42,51H,20-29,31H2,1-4H3,(H2,49,53)/t42-/m1/s1. The largest absolute Gasteiger partial charge is 0.508 e. The number of amides is 2. The van der Waals surface area contributed by atoms with Crippen molar-refractivity contribution < 1.29 is 61.1 Å². The van der Waals surface area contributed by atoms with Crippen LogP contribution < -0.4 is 19.9 Å². The van der Waals surface area contributed by atoms with Crippen LogP contribution in [0.5, 0.6) is 28.7 Å². The van der Waals surface area contributed by atoms with Gasteiger partial charge in [0.1, 0.15) is 53.6 Å². The van der Waals surface area contributed by atoms with E-state index in [0.717, 1.165) is 21.9 Å². The molecule has 3 N–H and O–H groups in total. The summed E-state index contributed by atoms with van der Waals surface area (Å²) in [4.78, 5) is 39.4. The molecule has 2 amide bonds. The smallest absolute Gasteiger partial charge is 0.306 e. The average Bonchev–Trinajstić information content (AvgIpc) is 3.58. The van der Waals surface area contributed by atoms with E-state index in [1.807, 2.05) is 12.1 Å². The molecular formula is C48H54N2O13S. The number of carbonyl (C=O) groups is 3. The molecule has 340 valence electrons. The predicted octanol–water partition coefficient (Wildman–Crippen LogP) is 6.85. The molecule has 0 bridgehead atoms. The van der Waals surface area contributed by atoms with E-state index in [-0.39, 0.29) is 49.2 Å². The molecule has 0 aromatic heterocycles. The lowest BCUT2D eigenvalue weighted by Gasteiger charge is -2.26. The van der Waals surface area contributed by atoms with Gasteiger partial charge in [0.15, 0.2) is 9.84 Å². The van der Waals surface area contributed by atoms with Gasteiger partial charge in [-0.05, 0) is 111 Å². The minimum atomic E-state index is -3.35. The van der Waals surface area contributed by atoms with Crippen molar-refractivity contribution >= 4 is 38.4 Å². The van der Waals surface area contributed by atoms with Crippen molar-refractivity contribution in [3.05, 3.63) is 108 Å². The van der Waals surface area contributed by atoms with E-state index in [1.165, 1.54) is 11.2 Å². The first-order valence-electron chi connectivity index (χ1n) is 20.8. The second-order valence-corrected chi connectivity index (χ2v) is 18.0. The number of rotatable bonds is 23. The highest BCUT2D eigenvalue weighted by atomic mass is 32.2. The molecule has 1 aliphatic rings. The maximum absolute atomic E-state index is 13.2.